The maximum absolute atomic E-state index is 13.6. The SMILES string of the molecule is CC(C)n1c(=O)c2cnc(Nc3ccccc3)nc2n1-c1cccc(C(C)(C)C(F)(F)F)n1. The number of anilines is 2. The highest BCUT2D eigenvalue weighted by molar-refractivity contribution is 5.77. The lowest BCUT2D eigenvalue weighted by Gasteiger charge is -2.27. The molecule has 3 aromatic heterocycles. The molecule has 0 aliphatic heterocycles. The van der Waals surface area contributed by atoms with E-state index in [1.54, 1.807) is 19.9 Å². The summed E-state index contributed by atoms with van der Waals surface area (Å²) >= 11 is 0. The summed E-state index contributed by atoms with van der Waals surface area (Å²) in [5.41, 5.74) is -1.69. The van der Waals surface area contributed by atoms with Crippen molar-refractivity contribution in [2.24, 2.45) is 0 Å². The van der Waals surface area contributed by atoms with E-state index >= 15 is 0 Å². The number of benzene rings is 1. The average Bonchev–Trinajstić information content (AvgIpc) is 3.06. The summed E-state index contributed by atoms with van der Waals surface area (Å²) in [6.07, 6.45) is -3.08. The maximum Gasteiger partial charge on any atom is 0.399 e. The van der Waals surface area contributed by atoms with Crippen molar-refractivity contribution < 1.29 is 13.2 Å². The zero-order valence-electron chi connectivity index (χ0n) is 18.6. The number of rotatable bonds is 5. The third kappa shape index (κ3) is 3.96. The first-order valence-electron chi connectivity index (χ1n) is 10.4. The molecule has 4 rings (SSSR count). The minimum Gasteiger partial charge on any atom is -0.324 e. The second kappa shape index (κ2) is 8.02. The highest BCUT2D eigenvalue weighted by Crippen LogP contribution is 2.39. The van der Waals surface area contributed by atoms with Crippen LogP contribution >= 0.6 is 0 Å². The second-order valence-electron chi connectivity index (χ2n) is 8.48. The fourth-order valence-corrected chi connectivity index (χ4v) is 3.43. The molecule has 33 heavy (non-hydrogen) atoms. The van der Waals surface area contributed by atoms with Gasteiger partial charge in [0.2, 0.25) is 5.95 Å². The summed E-state index contributed by atoms with van der Waals surface area (Å²) in [4.78, 5) is 26.2. The van der Waals surface area contributed by atoms with Crippen LogP contribution in [0.2, 0.25) is 0 Å². The lowest BCUT2D eigenvalue weighted by atomic mass is 9.88. The van der Waals surface area contributed by atoms with Crippen LogP contribution in [0.25, 0.3) is 16.9 Å². The molecule has 0 aliphatic rings. The molecule has 0 fully saturated rings. The fourth-order valence-electron chi connectivity index (χ4n) is 3.43. The number of hydrogen-bond donors (Lipinski definition) is 1. The monoisotopic (exact) mass is 456 g/mol. The van der Waals surface area contributed by atoms with Gasteiger partial charge in [-0.3, -0.25) is 4.79 Å². The van der Waals surface area contributed by atoms with E-state index in [0.717, 1.165) is 19.5 Å². The van der Waals surface area contributed by atoms with Crippen molar-refractivity contribution in [1.82, 2.24) is 24.3 Å². The first-order chi connectivity index (χ1) is 15.5. The third-order valence-electron chi connectivity index (χ3n) is 5.44. The molecule has 0 saturated heterocycles. The summed E-state index contributed by atoms with van der Waals surface area (Å²) in [6, 6.07) is 13.3. The molecule has 0 bridgehead atoms. The van der Waals surface area contributed by atoms with Crippen molar-refractivity contribution in [2.45, 2.75) is 45.3 Å². The van der Waals surface area contributed by atoms with Gasteiger partial charge in [-0.25, -0.2) is 19.3 Å². The van der Waals surface area contributed by atoms with Crippen LogP contribution in [0.1, 0.15) is 39.4 Å². The number of para-hydroxylation sites is 1. The normalized spacial score (nSPS) is 12.5. The maximum atomic E-state index is 13.6. The summed E-state index contributed by atoms with van der Waals surface area (Å²) in [6.45, 7) is 5.76. The van der Waals surface area contributed by atoms with Crippen LogP contribution < -0.4 is 10.9 Å². The smallest absolute Gasteiger partial charge is 0.324 e. The standard InChI is InChI=1S/C23H23F3N6O/c1-14(2)31-20(33)16-13-27-21(28-15-9-6-5-7-10-15)30-19(16)32(31)18-12-8-11-17(29-18)22(3,4)23(24,25)26/h5-14H,1-4H3,(H,27,28,30). The van der Waals surface area contributed by atoms with Crippen molar-refractivity contribution in [1.29, 1.82) is 0 Å². The number of alkyl halides is 3. The molecule has 1 N–H and O–H groups in total. The Morgan fingerprint density at radius 3 is 2.30 bits per heavy atom. The van der Waals surface area contributed by atoms with Crippen molar-refractivity contribution >= 4 is 22.7 Å². The van der Waals surface area contributed by atoms with Crippen molar-refractivity contribution in [3.05, 3.63) is 70.8 Å². The van der Waals surface area contributed by atoms with Crippen molar-refractivity contribution in [3.63, 3.8) is 0 Å². The van der Waals surface area contributed by atoms with Gasteiger partial charge in [-0.2, -0.15) is 18.2 Å². The largest absolute Gasteiger partial charge is 0.399 e. The number of fused-ring (bicyclic) bond motifs is 1. The van der Waals surface area contributed by atoms with E-state index in [0.29, 0.717) is 0 Å². The lowest BCUT2D eigenvalue weighted by molar-refractivity contribution is -0.181. The molecule has 7 nitrogen and oxygen atoms in total. The zero-order chi connectivity index (χ0) is 24.0. The quantitative estimate of drug-likeness (QED) is 0.450. The van der Waals surface area contributed by atoms with Crippen LogP contribution in [0, 0.1) is 0 Å². The number of aromatic nitrogens is 5. The minimum absolute atomic E-state index is 0.159. The molecule has 172 valence electrons. The van der Waals surface area contributed by atoms with E-state index in [-0.39, 0.29) is 40.1 Å². The van der Waals surface area contributed by atoms with Crippen LogP contribution in [0.15, 0.2) is 59.5 Å². The molecule has 0 aliphatic carbocycles. The van der Waals surface area contributed by atoms with E-state index in [2.05, 4.69) is 20.3 Å². The van der Waals surface area contributed by atoms with E-state index in [1.165, 1.54) is 27.7 Å². The van der Waals surface area contributed by atoms with E-state index in [9.17, 15) is 18.0 Å². The zero-order valence-corrected chi connectivity index (χ0v) is 18.6. The van der Waals surface area contributed by atoms with E-state index in [1.807, 2.05) is 30.3 Å². The van der Waals surface area contributed by atoms with Gasteiger partial charge in [0.05, 0.1) is 5.69 Å². The first kappa shape index (κ1) is 22.5. The molecule has 0 saturated carbocycles. The van der Waals surface area contributed by atoms with Gasteiger partial charge in [-0.1, -0.05) is 24.3 Å². The second-order valence-corrected chi connectivity index (χ2v) is 8.48. The summed E-state index contributed by atoms with van der Waals surface area (Å²) in [5, 5.41) is 3.31. The molecule has 4 aromatic rings. The average molecular weight is 456 g/mol. The predicted molar refractivity (Wildman–Crippen MR) is 120 cm³/mol. The highest BCUT2D eigenvalue weighted by atomic mass is 19.4. The van der Waals surface area contributed by atoms with Crippen LogP contribution in [-0.2, 0) is 5.41 Å². The van der Waals surface area contributed by atoms with Crippen LogP contribution in [0.4, 0.5) is 24.8 Å². The summed E-state index contributed by atoms with van der Waals surface area (Å²) in [7, 11) is 0. The molecule has 0 unspecified atom stereocenters. The highest BCUT2D eigenvalue weighted by Gasteiger charge is 2.49. The van der Waals surface area contributed by atoms with Crippen molar-refractivity contribution in [3.8, 4) is 5.82 Å². The lowest BCUT2D eigenvalue weighted by Crippen LogP contribution is -2.37. The molecule has 0 atom stereocenters. The minimum atomic E-state index is -4.50. The number of halogens is 3. The Morgan fingerprint density at radius 2 is 1.67 bits per heavy atom. The van der Waals surface area contributed by atoms with Gasteiger partial charge < -0.3 is 5.32 Å². The third-order valence-corrected chi connectivity index (χ3v) is 5.44. The van der Waals surface area contributed by atoms with Gasteiger partial charge in [0.25, 0.3) is 5.56 Å². The molecule has 1 aromatic carbocycles. The van der Waals surface area contributed by atoms with Crippen LogP contribution in [0.5, 0.6) is 0 Å². The Morgan fingerprint density at radius 1 is 0.970 bits per heavy atom. The van der Waals surface area contributed by atoms with Gasteiger partial charge in [0.15, 0.2) is 11.5 Å². The number of pyridine rings is 1. The Bertz CT molecular complexity index is 1360. The van der Waals surface area contributed by atoms with Crippen LogP contribution in [-0.4, -0.2) is 30.5 Å². The molecule has 0 amide bonds. The number of nitrogens with one attached hydrogen (secondary N) is 1. The fraction of sp³-hybridized carbons (Fsp3) is 0.304. The Labute approximate surface area is 187 Å². The Balaban J connectivity index is 1.93. The van der Waals surface area contributed by atoms with E-state index < -0.39 is 11.6 Å². The van der Waals surface area contributed by atoms with Crippen LogP contribution in [0.3, 0.4) is 0 Å². The molecule has 0 radical (unpaired) electrons. The van der Waals surface area contributed by atoms with Gasteiger partial charge in [-0.05, 0) is 52.0 Å². The molecular formula is C23H23F3N6O. The Hall–Kier alpha value is -3.69. The van der Waals surface area contributed by atoms with Crippen molar-refractivity contribution in [2.75, 3.05) is 5.32 Å². The van der Waals surface area contributed by atoms with Gasteiger partial charge >= 0.3 is 6.18 Å². The molecule has 0 spiro atoms. The topological polar surface area (TPSA) is 77.6 Å². The Kier molecular flexibility index (Phi) is 5.47. The number of nitrogens with zero attached hydrogens (tertiary/aromatic N) is 5. The van der Waals surface area contributed by atoms with Gasteiger partial charge in [0, 0.05) is 17.9 Å². The van der Waals surface area contributed by atoms with Gasteiger partial charge in [-0.15, -0.1) is 0 Å². The molecular weight excluding hydrogens is 433 g/mol. The molecule has 3 heterocycles. The predicted octanol–water partition coefficient (Wildman–Crippen LogP) is 5.14. The summed E-state index contributed by atoms with van der Waals surface area (Å²) < 4.78 is 43.8. The first-order valence-corrected chi connectivity index (χ1v) is 10.4. The van der Waals surface area contributed by atoms with E-state index in [4.69, 9.17) is 0 Å². The summed E-state index contributed by atoms with van der Waals surface area (Å²) in [5.74, 6) is 0.408. The molecule has 10 heteroatoms. The number of hydrogen-bond acceptors (Lipinski definition) is 5. The van der Waals surface area contributed by atoms with Gasteiger partial charge in [0.1, 0.15) is 10.8 Å².